The number of non-ortho nitro benzene ring substituents is 1. The van der Waals surface area contributed by atoms with Gasteiger partial charge in [0.25, 0.3) is 11.5 Å². The maximum atomic E-state index is 12.6. The summed E-state index contributed by atoms with van der Waals surface area (Å²) in [4.78, 5) is 46.7. The Morgan fingerprint density at radius 3 is 2.61 bits per heavy atom. The number of nitro benzene ring substituents is 1. The molecule has 7 heteroatoms. The first-order valence-electron chi connectivity index (χ1n) is 7.23. The second kappa shape index (κ2) is 5.91. The normalized spacial score (nSPS) is 18.9. The largest absolute Gasteiger partial charge is 0.460 e. The highest BCUT2D eigenvalue weighted by Gasteiger charge is 2.44. The fraction of sp³-hybridized carbons (Fsp3) is 0.438. The lowest BCUT2D eigenvalue weighted by Gasteiger charge is -2.35. The van der Waals surface area contributed by atoms with Crippen LogP contribution in [0.5, 0.6) is 0 Å². The topological polar surface area (TPSA) is 104 Å². The molecular weight excluding hydrogens is 302 g/mol. The van der Waals surface area contributed by atoms with Crippen LogP contribution in [0, 0.1) is 16.0 Å². The summed E-state index contributed by atoms with van der Waals surface area (Å²) in [5.74, 6) is -3.68. The van der Waals surface area contributed by atoms with Gasteiger partial charge in [0.05, 0.1) is 17.4 Å². The average Bonchev–Trinajstić information content (AvgIpc) is 2.50. The van der Waals surface area contributed by atoms with E-state index < -0.39 is 33.8 Å². The molecule has 1 atom stereocenters. The van der Waals surface area contributed by atoms with Crippen LogP contribution in [0.4, 0.5) is 5.69 Å². The minimum absolute atomic E-state index is 0.0386. The summed E-state index contributed by atoms with van der Waals surface area (Å²) in [6, 6.07) is 4.04. The van der Waals surface area contributed by atoms with Gasteiger partial charge in [-0.05, 0) is 24.3 Å². The monoisotopic (exact) mass is 319 g/mol. The lowest BCUT2D eigenvalue weighted by Crippen LogP contribution is -2.41. The van der Waals surface area contributed by atoms with Crippen molar-refractivity contribution in [2.75, 3.05) is 6.61 Å². The molecule has 23 heavy (non-hydrogen) atoms. The fourth-order valence-corrected chi connectivity index (χ4v) is 2.90. The van der Waals surface area contributed by atoms with Crippen molar-refractivity contribution in [3.63, 3.8) is 0 Å². The molecule has 122 valence electrons. The number of ether oxygens (including phenoxy) is 1. The summed E-state index contributed by atoms with van der Waals surface area (Å²) in [5, 5.41) is 10.9. The van der Waals surface area contributed by atoms with Crippen LogP contribution >= 0.6 is 0 Å². The molecule has 0 saturated heterocycles. The molecule has 0 radical (unpaired) electrons. The van der Waals surface area contributed by atoms with Gasteiger partial charge in [-0.1, -0.05) is 19.9 Å². The van der Waals surface area contributed by atoms with E-state index in [4.69, 9.17) is 0 Å². The molecule has 0 N–H and O–H groups in total. The lowest BCUT2D eigenvalue weighted by molar-refractivity contribution is -0.384. The van der Waals surface area contributed by atoms with Crippen molar-refractivity contribution in [3.8, 4) is 0 Å². The molecule has 0 heterocycles. The van der Waals surface area contributed by atoms with Gasteiger partial charge >= 0.3 is 5.97 Å². The van der Waals surface area contributed by atoms with Gasteiger partial charge in [0, 0.05) is 17.7 Å². The van der Waals surface area contributed by atoms with Crippen LogP contribution in [0.3, 0.4) is 0 Å². The van der Waals surface area contributed by atoms with Crippen LogP contribution in [-0.2, 0) is 19.7 Å². The molecule has 1 unspecified atom stereocenters. The maximum Gasteiger partial charge on any atom is 0.375 e. The quantitative estimate of drug-likeness (QED) is 0.277. The third-order valence-electron chi connectivity index (χ3n) is 4.03. The SMILES string of the molecule is CCOC(=O)C(=O)C1CC(C)(C)c2ccc([N+](=O)[O-])cc2C1=O. The number of carbonyl (C=O) groups excluding carboxylic acids is 3. The van der Waals surface area contributed by atoms with E-state index in [1.54, 1.807) is 6.92 Å². The Morgan fingerprint density at radius 1 is 1.39 bits per heavy atom. The fourth-order valence-electron chi connectivity index (χ4n) is 2.90. The van der Waals surface area contributed by atoms with Crippen LogP contribution in [0.2, 0.25) is 0 Å². The Bertz CT molecular complexity index is 707. The van der Waals surface area contributed by atoms with Gasteiger partial charge in [0.15, 0.2) is 5.78 Å². The van der Waals surface area contributed by atoms with Gasteiger partial charge in [-0.25, -0.2) is 4.79 Å². The molecule has 0 aromatic heterocycles. The van der Waals surface area contributed by atoms with Crippen molar-refractivity contribution in [3.05, 3.63) is 39.4 Å². The number of nitro groups is 1. The standard InChI is InChI=1S/C16H17NO6/c1-4-23-15(20)14(19)11-8-16(2,3)12-6-5-9(17(21)22)7-10(12)13(11)18/h5-7,11H,4,8H2,1-3H3. The lowest BCUT2D eigenvalue weighted by atomic mass is 9.66. The van der Waals surface area contributed by atoms with Crippen LogP contribution in [0.1, 0.15) is 43.1 Å². The number of benzene rings is 1. The second-order valence-electron chi connectivity index (χ2n) is 6.08. The minimum Gasteiger partial charge on any atom is -0.460 e. The number of hydrogen-bond donors (Lipinski definition) is 0. The molecule has 0 bridgehead atoms. The van der Waals surface area contributed by atoms with Crippen LogP contribution in [0.25, 0.3) is 0 Å². The molecule has 1 aromatic carbocycles. The van der Waals surface area contributed by atoms with Crippen LogP contribution in [0.15, 0.2) is 18.2 Å². The molecule has 0 spiro atoms. The number of rotatable bonds is 4. The van der Waals surface area contributed by atoms with Crippen LogP contribution in [-0.4, -0.2) is 29.1 Å². The number of Topliss-reactive ketones (excluding diaryl/α,β-unsaturated/α-hetero) is 2. The maximum absolute atomic E-state index is 12.6. The zero-order valence-electron chi connectivity index (χ0n) is 13.1. The van der Waals surface area contributed by atoms with Crippen molar-refractivity contribution in [1.82, 2.24) is 0 Å². The Balaban J connectivity index is 2.48. The average molecular weight is 319 g/mol. The first kappa shape index (κ1) is 16.8. The Labute approximate surface area is 132 Å². The van der Waals surface area contributed by atoms with E-state index in [0.717, 1.165) is 0 Å². The number of nitrogens with zero attached hydrogens (tertiary/aromatic N) is 1. The van der Waals surface area contributed by atoms with E-state index in [1.807, 2.05) is 13.8 Å². The Kier molecular flexibility index (Phi) is 4.31. The molecule has 0 saturated carbocycles. The molecule has 0 aliphatic heterocycles. The number of ketones is 2. The van der Waals surface area contributed by atoms with Gasteiger partial charge < -0.3 is 4.74 Å². The summed E-state index contributed by atoms with van der Waals surface area (Å²) in [6.45, 7) is 5.26. The Hall–Kier alpha value is -2.57. The van der Waals surface area contributed by atoms with Crippen molar-refractivity contribution in [2.24, 2.45) is 5.92 Å². The predicted octanol–water partition coefficient (Wildman–Crippen LogP) is 2.21. The van der Waals surface area contributed by atoms with Gasteiger partial charge in [0.2, 0.25) is 0 Å². The highest BCUT2D eigenvalue weighted by atomic mass is 16.6. The van der Waals surface area contributed by atoms with E-state index in [9.17, 15) is 24.5 Å². The molecule has 0 fully saturated rings. The molecule has 2 rings (SSSR count). The third kappa shape index (κ3) is 2.99. The molecular formula is C16H17NO6. The van der Waals surface area contributed by atoms with Gasteiger partial charge in [-0.15, -0.1) is 0 Å². The second-order valence-corrected chi connectivity index (χ2v) is 6.08. The first-order chi connectivity index (χ1) is 10.7. The minimum atomic E-state index is -1.17. The predicted molar refractivity (Wildman–Crippen MR) is 80.2 cm³/mol. The number of fused-ring (bicyclic) bond motifs is 1. The van der Waals surface area contributed by atoms with Crippen molar-refractivity contribution in [2.45, 2.75) is 32.6 Å². The van der Waals surface area contributed by atoms with Crippen molar-refractivity contribution in [1.29, 1.82) is 0 Å². The van der Waals surface area contributed by atoms with Crippen molar-refractivity contribution >= 4 is 23.2 Å². The Morgan fingerprint density at radius 2 is 2.04 bits per heavy atom. The highest BCUT2D eigenvalue weighted by molar-refractivity contribution is 6.39. The summed E-state index contributed by atoms with van der Waals surface area (Å²) >= 11 is 0. The molecule has 1 aromatic rings. The summed E-state index contributed by atoms with van der Waals surface area (Å²) in [7, 11) is 0. The highest BCUT2D eigenvalue weighted by Crippen LogP contribution is 2.41. The number of hydrogen-bond acceptors (Lipinski definition) is 6. The van der Waals surface area contributed by atoms with E-state index in [0.29, 0.717) is 5.56 Å². The van der Waals surface area contributed by atoms with E-state index in [2.05, 4.69) is 4.74 Å². The molecule has 1 aliphatic rings. The molecule has 1 aliphatic carbocycles. The zero-order valence-corrected chi connectivity index (χ0v) is 13.1. The molecule has 0 amide bonds. The summed E-state index contributed by atoms with van der Waals surface area (Å²) in [6.07, 6.45) is 0.161. The van der Waals surface area contributed by atoms with Gasteiger partial charge in [-0.3, -0.25) is 19.7 Å². The van der Waals surface area contributed by atoms with E-state index in [1.165, 1.54) is 18.2 Å². The van der Waals surface area contributed by atoms with Crippen LogP contribution < -0.4 is 0 Å². The van der Waals surface area contributed by atoms with E-state index in [-0.39, 0.29) is 24.3 Å². The summed E-state index contributed by atoms with van der Waals surface area (Å²) < 4.78 is 4.67. The number of carbonyl (C=O) groups is 3. The first-order valence-corrected chi connectivity index (χ1v) is 7.23. The number of esters is 1. The summed E-state index contributed by atoms with van der Waals surface area (Å²) in [5.41, 5.74) is -0.0261. The molecule has 7 nitrogen and oxygen atoms in total. The third-order valence-corrected chi connectivity index (χ3v) is 4.03. The van der Waals surface area contributed by atoms with Gasteiger partial charge in [-0.2, -0.15) is 0 Å². The van der Waals surface area contributed by atoms with E-state index >= 15 is 0 Å². The smallest absolute Gasteiger partial charge is 0.375 e. The zero-order chi connectivity index (χ0) is 17.4. The van der Waals surface area contributed by atoms with Gasteiger partial charge in [0.1, 0.15) is 0 Å². The van der Waals surface area contributed by atoms with Crippen molar-refractivity contribution < 1.29 is 24.0 Å².